The topological polar surface area (TPSA) is 66.5 Å². The fourth-order valence-electron chi connectivity index (χ4n) is 5.42. The maximum Gasteiger partial charge on any atom is 0.262 e. The Bertz CT molecular complexity index is 1260. The summed E-state index contributed by atoms with van der Waals surface area (Å²) in [5, 5.41) is 3.78. The number of halogens is 2. The molecule has 1 heterocycles. The molecule has 1 atom stereocenters. The van der Waals surface area contributed by atoms with Crippen molar-refractivity contribution >= 4 is 57.4 Å². The van der Waals surface area contributed by atoms with E-state index < -0.39 is 11.6 Å². The van der Waals surface area contributed by atoms with E-state index in [0.29, 0.717) is 14.2 Å². The van der Waals surface area contributed by atoms with E-state index in [1.54, 1.807) is 41.3 Å². The molecule has 2 aromatic rings. The molecule has 2 aromatic carbocycles. The molecule has 5 nitrogen and oxygen atoms in total. The lowest BCUT2D eigenvalue weighted by molar-refractivity contribution is -0.139. The van der Waals surface area contributed by atoms with E-state index in [1.165, 1.54) is 18.6 Å². The first-order valence-corrected chi connectivity index (χ1v) is 13.6. The third-order valence-corrected chi connectivity index (χ3v) is 8.39. The zero-order valence-electron chi connectivity index (χ0n) is 19.6. The lowest BCUT2D eigenvalue weighted by atomic mass is 9.81. The molecule has 0 bridgehead atoms. The van der Waals surface area contributed by atoms with Crippen molar-refractivity contribution in [2.75, 3.05) is 0 Å². The van der Waals surface area contributed by atoms with Gasteiger partial charge in [-0.15, -0.1) is 0 Å². The van der Waals surface area contributed by atoms with Gasteiger partial charge in [-0.2, -0.15) is 0 Å². The first-order chi connectivity index (χ1) is 17.4. The molecule has 7 heteroatoms. The molecular formula is C29H26ClIN2O3. The monoisotopic (exact) mass is 612 g/mol. The Morgan fingerprint density at radius 1 is 0.972 bits per heavy atom. The van der Waals surface area contributed by atoms with Gasteiger partial charge in [-0.3, -0.25) is 14.4 Å². The molecule has 1 unspecified atom stereocenters. The minimum atomic E-state index is -1.09. The minimum absolute atomic E-state index is 0.0781. The lowest BCUT2D eigenvalue weighted by Gasteiger charge is -2.42. The number of nitrogens with zero attached hydrogens (tertiary/aromatic N) is 1. The molecule has 2 aliphatic carbocycles. The van der Waals surface area contributed by atoms with Crippen LogP contribution in [0.25, 0.3) is 5.57 Å². The second kappa shape index (κ2) is 10.3. The van der Waals surface area contributed by atoms with Crippen molar-refractivity contribution < 1.29 is 14.4 Å². The molecule has 0 saturated heterocycles. The molecule has 1 N–H and O–H groups in total. The first kappa shape index (κ1) is 25.0. The molecule has 1 spiro atoms. The third-order valence-electron chi connectivity index (χ3n) is 7.13. The van der Waals surface area contributed by atoms with Crippen molar-refractivity contribution in [1.29, 1.82) is 0 Å². The molecule has 184 valence electrons. The Kier molecular flexibility index (Phi) is 7.17. The summed E-state index contributed by atoms with van der Waals surface area (Å²) in [5.74, 6) is -0.636. The lowest BCUT2D eigenvalue weighted by Crippen LogP contribution is -2.53. The number of rotatable bonds is 5. The van der Waals surface area contributed by atoms with Gasteiger partial charge < -0.3 is 10.2 Å². The van der Waals surface area contributed by atoms with Crippen LogP contribution in [0.2, 0.25) is 5.02 Å². The van der Waals surface area contributed by atoms with Crippen LogP contribution < -0.4 is 5.32 Å². The zero-order chi connectivity index (χ0) is 25.3. The number of nitrogens with one attached hydrogen (secondary N) is 1. The van der Waals surface area contributed by atoms with Gasteiger partial charge in [0.05, 0.1) is 3.58 Å². The number of ketones is 1. The van der Waals surface area contributed by atoms with Gasteiger partial charge in [0.2, 0.25) is 5.91 Å². The van der Waals surface area contributed by atoms with Crippen LogP contribution in [0.1, 0.15) is 49.3 Å². The number of carbonyl (C=O) groups is 3. The molecule has 2 amide bonds. The molecule has 0 radical (unpaired) electrons. The summed E-state index contributed by atoms with van der Waals surface area (Å²) in [4.78, 5) is 41.8. The summed E-state index contributed by atoms with van der Waals surface area (Å²) in [6, 6.07) is 15.9. The SMILES string of the molecule is O=C1C=CC2(C=C1)C(c1ccccc1)=C(I)C(=O)N2C(C(=O)NC1CCCCC1)c1ccc(Cl)cc1. The zero-order valence-corrected chi connectivity index (χ0v) is 22.5. The van der Waals surface area contributed by atoms with E-state index in [9.17, 15) is 14.4 Å². The third kappa shape index (κ3) is 4.57. The average molecular weight is 613 g/mol. The van der Waals surface area contributed by atoms with Crippen LogP contribution in [0.3, 0.4) is 0 Å². The summed E-state index contributed by atoms with van der Waals surface area (Å²) in [6.07, 6.45) is 11.6. The Morgan fingerprint density at radius 2 is 1.61 bits per heavy atom. The van der Waals surface area contributed by atoms with Crippen LogP contribution >= 0.6 is 34.2 Å². The molecule has 1 aliphatic heterocycles. The highest BCUT2D eigenvalue weighted by Gasteiger charge is 2.53. The molecule has 5 rings (SSSR count). The van der Waals surface area contributed by atoms with Crippen molar-refractivity contribution in [1.82, 2.24) is 10.2 Å². The normalized spacial score (nSPS) is 20.3. The Labute approximate surface area is 229 Å². The van der Waals surface area contributed by atoms with Gasteiger partial charge in [0.15, 0.2) is 5.78 Å². The number of benzene rings is 2. The smallest absolute Gasteiger partial charge is 0.262 e. The predicted molar refractivity (Wildman–Crippen MR) is 149 cm³/mol. The largest absolute Gasteiger partial charge is 0.351 e. The highest BCUT2D eigenvalue weighted by atomic mass is 127. The van der Waals surface area contributed by atoms with Gasteiger partial charge in [-0.25, -0.2) is 0 Å². The molecule has 3 aliphatic rings. The standard InChI is InChI=1S/C29H26ClIN2O3/c30-21-13-11-20(12-14-21)26(27(35)32-22-9-5-2-6-10-22)33-28(36)25(31)24(19-7-3-1-4-8-19)29(33)17-15-23(34)16-18-29/h1,3-4,7-8,11-18,22,26H,2,5-6,9-10H2,(H,32,35). The van der Waals surface area contributed by atoms with Crippen molar-refractivity contribution in [2.24, 2.45) is 0 Å². The molecular weight excluding hydrogens is 587 g/mol. The van der Waals surface area contributed by atoms with Gasteiger partial charge in [-0.1, -0.05) is 73.3 Å². The molecule has 1 saturated carbocycles. The predicted octanol–water partition coefficient (Wildman–Crippen LogP) is 5.95. The number of hydrogen-bond donors (Lipinski definition) is 1. The summed E-state index contributed by atoms with van der Waals surface area (Å²) in [7, 11) is 0. The highest BCUT2D eigenvalue weighted by molar-refractivity contribution is 14.1. The van der Waals surface area contributed by atoms with E-state index in [-0.39, 0.29) is 23.6 Å². The summed E-state index contributed by atoms with van der Waals surface area (Å²) < 4.78 is 0.520. The van der Waals surface area contributed by atoms with Crippen molar-refractivity contribution in [3.05, 3.63) is 98.6 Å². The van der Waals surface area contributed by atoms with Crippen LogP contribution in [0.15, 0.2) is 82.5 Å². The van der Waals surface area contributed by atoms with Gasteiger partial charge in [0.25, 0.3) is 5.91 Å². The fourth-order valence-corrected chi connectivity index (χ4v) is 6.55. The average Bonchev–Trinajstić information content (AvgIpc) is 3.10. The van der Waals surface area contributed by atoms with Crippen LogP contribution in [0.5, 0.6) is 0 Å². The molecule has 0 aromatic heterocycles. The highest BCUT2D eigenvalue weighted by Crippen LogP contribution is 2.51. The summed E-state index contributed by atoms with van der Waals surface area (Å²) in [6.45, 7) is 0. The van der Waals surface area contributed by atoms with Crippen molar-refractivity contribution in [2.45, 2.75) is 49.7 Å². The first-order valence-electron chi connectivity index (χ1n) is 12.2. The number of carbonyl (C=O) groups excluding carboxylic acids is 3. The molecule has 36 heavy (non-hydrogen) atoms. The van der Waals surface area contributed by atoms with E-state index in [1.807, 2.05) is 30.3 Å². The van der Waals surface area contributed by atoms with Crippen LogP contribution in [0, 0.1) is 0 Å². The van der Waals surface area contributed by atoms with Gasteiger partial charge in [0, 0.05) is 16.6 Å². The summed E-state index contributed by atoms with van der Waals surface area (Å²) >= 11 is 8.25. The fraction of sp³-hybridized carbons (Fsp3) is 0.276. The molecule has 1 fully saturated rings. The van der Waals surface area contributed by atoms with Crippen LogP contribution in [0.4, 0.5) is 0 Å². The Balaban J connectivity index is 1.65. The second-order valence-corrected chi connectivity index (χ2v) is 10.9. The van der Waals surface area contributed by atoms with E-state index in [4.69, 9.17) is 11.6 Å². The van der Waals surface area contributed by atoms with E-state index in [0.717, 1.165) is 36.8 Å². The van der Waals surface area contributed by atoms with Crippen molar-refractivity contribution in [3.63, 3.8) is 0 Å². The second-order valence-electron chi connectivity index (χ2n) is 9.42. The van der Waals surface area contributed by atoms with Crippen LogP contribution in [-0.2, 0) is 14.4 Å². The van der Waals surface area contributed by atoms with Crippen LogP contribution in [-0.4, -0.2) is 34.1 Å². The van der Waals surface area contributed by atoms with Gasteiger partial charge >= 0.3 is 0 Å². The van der Waals surface area contributed by atoms with Gasteiger partial charge in [-0.05, 0) is 83.0 Å². The maximum atomic E-state index is 14.0. The maximum absolute atomic E-state index is 14.0. The quantitative estimate of drug-likeness (QED) is 0.425. The van der Waals surface area contributed by atoms with E-state index >= 15 is 0 Å². The van der Waals surface area contributed by atoms with Gasteiger partial charge in [0.1, 0.15) is 11.6 Å². The number of allylic oxidation sites excluding steroid dienone is 2. The summed E-state index contributed by atoms with van der Waals surface area (Å²) in [5.41, 5.74) is 1.21. The van der Waals surface area contributed by atoms with E-state index in [2.05, 4.69) is 27.9 Å². The Morgan fingerprint density at radius 3 is 2.25 bits per heavy atom. The number of amides is 2. The Hall–Kier alpha value is -2.71. The number of hydrogen-bond acceptors (Lipinski definition) is 3. The van der Waals surface area contributed by atoms with Crippen molar-refractivity contribution in [3.8, 4) is 0 Å². The minimum Gasteiger partial charge on any atom is -0.351 e.